The van der Waals surface area contributed by atoms with Gasteiger partial charge in [-0.1, -0.05) is 24.7 Å². The molecular weight excluding hydrogens is 274 g/mol. The third-order valence-electron chi connectivity index (χ3n) is 4.11. The van der Waals surface area contributed by atoms with Crippen LogP contribution in [0.2, 0.25) is 0 Å². The van der Waals surface area contributed by atoms with Crippen LogP contribution in [-0.2, 0) is 0 Å². The van der Waals surface area contributed by atoms with Gasteiger partial charge in [0.1, 0.15) is 10.7 Å². The van der Waals surface area contributed by atoms with Gasteiger partial charge in [-0.05, 0) is 18.8 Å². The lowest BCUT2D eigenvalue weighted by Gasteiger charge is -2.12. The molecule has 6 nitrogen and oxygen atoms in total. The molecule has 1 saturated heterocycles. The van der Waals surface area contributed by atoms with Gasteiger partial charge in [0, 0.05) is 25.2 Å². The van der Waals surface area contributed by atoms with Crippen LogP contribution in [0.5, 0.6) is 0 Å². The van der Waals surface area contributed by atoms with Gasteiger partial charge in [0.15, 0.2) is 5.13 Å². The molecule has 5 N–H and O–H groups in total. The van der Waals surface area contributed by atoms with Crippen molar-refractivity contribution in [2.45, 2.75) is 38.3 Å². The molecule has 0 aromatic carbocycles. The van der Waals surface area contributed by atoms with Crippen molar-refractivity contribution in [1.82, 2.24) is 10.3 Å². The number of nitrogens with two attached hydrogens (primary N) is 2. The van der Waals surface area contributed by atoms with Crippen molar-refractivity contribution in [3.05, 3.63) is 4.88 Å². The Bertz CT molecular complexity index is 517. The first-order valence-electron chi connectivity index (χ1n) is 7.16. The van der Waals surface area contributed by atoms with E-state index in [-0.39, 0.29) is 11.9 Å². The van der Waals surface area contributed by atoms with E-state index >= 15 is 0 Å². The van der Waals surface area contributed by atoms with E-state index in [2.05, 4.69) is 22.1 Å². The number of amides is 1. The normalized spacial score (nSPS) is 28.7. The fourth-order valence-corrected chi connectivity index (χ4v) is 3.61. The number of aromatic nitrogens is 1. The fraction of sp³-hybridized carbons (Fsp3) is 0.692. The molecule has 7 heteroatoms. The summed E-state index contributed by atoms with van der Waals surface area (Å²) in [4.78, 5) is 19.2. The Hall–Kier alpha value is -1.34. The number of carbonyl (C=O) groups is 1. The number of nitrogens with zero attached hydrogens (tertiary/aromatic N) is 2. The highest BCUT2D eigenvalue weighted by molar-refractivity contribution is 7.18. The van der Waals surface area contributed by atoms with Crippen molar-refractivity contribution >= 4 is 28.2 Å². The maximum absolute atomic E-state index is 12.2. The van der Waals surface area contributed by atoms with Crippen molar-refractivity contribution in [3.8, 4) is 0 Å². The van der Waals surface area contributed by atoms with E-state index in [1.807, 2.05) is 0 Å². The van der Waals surface area contributed by atoms with Crippen LogP contribution in [-0.4, -0.2) is 36.1 Å². The summed E-state index contributed by atoms with van der Waals surface area (Å²) in [5.74, 6) is 0.872. The number of rotatable bonds is 4. The average molecular weight is 295 g/mol. The Morgan fingerprint density at radius 1 is 1.60 bits per heavy atom. The lowest BCUT2D eigenvalue weighted by Crippen LogP contribution is -2.26. The van der Waals surface area contributed by atoms with Gasteiger partial charge in [-0.2, -0.15) is 0 Å². The molecule has 1 saturated carbocycles. The van der Waals surface area contributed by atoms with Crippen LogP contribution in [0, 0.1) is 5.92 Å². The highest BCUT2D eigenvalue weighted by Gasteiger charge is 2.37. The molecule has 2 aliphatic rings. The smallest absolute Gasteiger partial charge is 0.265 e. The Labute approximate surface area is 122 Å². The minimum Gasteiger partial charge on any atom is -0.382 e. The Kier molecular flexibility index (Phi) is 3.55. The predicted molar refractivity (Wildman–Crippen MR) is 81.0 cm³/mol. The summed E-state index contributed by atoms with van der Waals surface area (Å²) in [6, 6.07) is 0.506. The summed E-state index contributed by atoms with van der Waals surface area (Å²) >= 11 is 1.37. The molecule has 1 aliphatic carbocycles. The molecule has 3 rings (SSSR count). The van der Waals surface area contributed by atoms with Crippen molar-refractivity contribution in [1.29, 1.82) is 0 Å². The van der Waals surface area contributed by atoms with Gasteiger partial charge < -0.3 is 21.7 Å². The van der Waals surface area contributed by atoms with Crippen LogP contribution in [0.3, 0.4) is 0 Å². The van der Waals surface area contributed by atoms with Crippen LogP contribution in [0.25, 0.3) is 0 Å². The average Bonchev–Trinajstić information content (AvgIpc) is 2.81. The quantitative estimate of drug-likeness (QED) is 0.763. The molecule has 2 fully saturated rings. The molecule has 0 bridgehead atoms. The monoisotopic (exact) mass is 295 g/mol. The second-order valence-corrected chi connectivity index (χ2v) is 6.67. The summed E-state index contributed by atoms with van der Waals surface area (Å²) in [5, 5.41) is 3.84. The molecule has 20 heavy (non-hydrogen) atoms. The maximum Gasteiger partial charge on any atom is 0.265 e. The van der Waals surface area contributed by atoms with Gasteiger partial charge in [0.25, 0.3) is 5.91 Å². The highest BCUT2D eigenvalue weighted by Crippen LogP contribution is 2.35. The number of anilines is 2. The minimum absolute atomic E-state index is 0.0873. The molecule has 110 valence electrons. The van der Waals surface area contributed by atoms with Crippen molar-refractivity contribution in [2.75, 3.05) is 23.7 Å². The molecule has 3 unspecified atom stereocenters. The topological polar surface area (TPSA) is 97.3 Å². The summed E-state index contributed by atoms with van der Waals surface area (Å²) < 4.78 is 0. The zero-order valence-electron chi connectivity index (χ0n) is 11.6. The second-order valence-electron chi connectivity index (χ2n) is 5.69. The van der Waals surface area contributed by atoms with Crippen LogP contribution < -0.4 is 21.7 Å². The number of hydrogen-bond acceptors (Lipinski definition) is 6. The summed E-state index contributed by atoms with van der Waals surface area (Å²) in [6.45, 7) is 3.82. The Morgan fingerprint density at radius 3 is 3.00 bits per heavy atom. The van der Waals surface area contributed by atoms with Crippen LogP contribution in [0.15, 0.2) is 0 Å². The van der Waals surface area contributed by atoms with E-state index in [0.717, 1.165) is 37.5 Å². The third kappa shape index (κ3) is 2.60. The highest BCUT2D eigenvalue weighted by atomic mass is 32.1. The van der Waals surface area contributed by atoms with Gasteiger partial charge >= 0.3 is 0 Å². The molecule has 3 atom stereocenters. The van der Waals surface area contributed by atoms with Gasteiger partial charge in [0.05, 0.1) is 0 Å². The molecule has 1 aromatic heterocycles. The van der Waals surface area contributed by atoms with Crippen LogP contribution in [0.4, 0.5) is 10.9 Å². The van der Waals surface area contributed by atoms with E-state index in [4.69, 9.17) is 11.5 Å². The van der Waals surface area contributed by atoms with E-state index < -0.39 is 0 Å². The number of nitrogens with one attached hydrogen (secondary N) is 1. The van der Waals surface area contributed by atoms with Crippen molar-refractivity contribution in [3.63, 3.8) is 0 Å². The third-order valence-corrected chi connectivity index (χ3v) is 5.24. The summed E-state index contributed by atoms with van der Waals surface area (Å²) in [5.41, 5.74) is 11.8. The first-order valence-corrected chi connectivity index (χ1v) is 7.97. The fourth-order valence-electron chi connectivity index (χ4n) is 2.69. The molecular formula is C13H21N5OS. The molecule has 1 amide bonds. The summed E-state index contributed by atoms with van der Waals surface area (Å²) in [7, 11) is 0. The van der Waals surface area contributed by atoms with Gasteiger partial charge in [-0.25, -0.2) is 4.98 Å². The zero-order chi connectivity index (χ0) is 14.3. The standard InChI is InChI=1S/C13H21N5OS/c1-2-7-5-9(7)16-12(19)10-11(15)17-13(20-10)18-4-3-8(14)6-18/h7-9H,2-6,14-15H2,1H3,(H,16,19). The number of thiazole rings is 1. The van der Waals surface area contributed by atoms with E-state index in [1.165, 1.54) is 11.3 Å². The lowest BCUT2D eigenvalue weighted by atomic mass is 10.3. The van der Waals surface area contributed by atoms with Gasteiger partial charge in [-0.3, -0.25) is 4.79 Å². The first kappa shape index (κ1) is 13.6. The Balaban J connectivity index is 1.67. The number of hydrogen-bond donors (Lipinski definition) is 3. The molecule has 1 aromatic rings. The SMILES string of the molecule is CCC1CC1NC(=O)c1sc(N2CCC(N)C2)nc1N. The largest absolute Gasteiger partial charge is 0.382 e. The minimum atomic E-state index is -0.0873. The zero-order valence-corrected chi connectivity index (χ0v) is 12.4. The maximum atomic E-state index is 12.2. The van der Waals surface area contributed by atoms with Crippen molar-refractivity contribution < 1.29 is 4.79 Å². The van der Waals surface area contributed by atoms with E-state index in [9.17, 15) is 4.79 Å². The molecule has 1 aliphatic heterocycles. The van der Waals surface area contributed by atoms with Gasteiger partial charge in [0.2, 0.25) is 0 Å². The second kappa shape index (κ2) is 5.21. The predicted octanol–water partition coefficient (Wildman–Crippen LogP) is 0.791. The molecule has 0 spiro atoms. The number of carbonyl (C=O) groups excluding carboxylic acids is 1. The van der Waals surface area contributed by atoms with Crippen molar-refractivity contribution in [2.24, 2.45) is 11.7 Å². The van der Waals surface area contributed by atoms with Crippen LogP contribution in [0.1, 0.15) is 35.9 Å². The van der Waals surface area contributed by atoms with E-state index in [1.54, 1.807) is 0 Å². The van der Waals surface area contributed by atoms with Gasteiger partial charge in [-0.15, -0.1) is 0 Å². The van der Waals surface area contributed by atoms with Crippen LogP contribution >= 0.6 is 11.3 Å². The first-order chi connectivity index (χ1) is 9.58. The number of nitrogen functional groups attached to an aromatic ring is 1. The lowest BCUT2D eigenvalue weighted by molar-refractivity contribution is 0.0953. The molecule has 0 radical (unpaired) electrons. The Morgan fingerprint density at radius 2 is 2.40 bits per heavy atom. The van der Waals surface area contributed by atoms with E-state index in [0.29, 0.717) is 22.7 Å². The molecule has 2 heterocycles. The summed E-state index contributed by atoms with van der Waals surface area (Å²) in [6.07, 6.45) is 3.15.